The lowest BCUT2D eigenvalue weighted by molar-refractivity contribution is -0.0764. The van der Waals surface area contributed by atoms with Gasteiger partial charge in [-0.2, -0.15) is 0 Å². The Kier molecular flexibility index (Phi) is 5.01. The van der Waals surface area contributed by atoms with Crippen molar-refractivity contribution in [2.45, 2.75) is 27.8 Å². The highest BCUT2D eigenvalue weighted by Crippen LogP contribution is 2.38. The first-order valence-corrected chi connectivity index (χ1v) is 8.76. The van der Waals surface area contributed by atoms with Gasteiger partial charge in [0.1, 0.15) is 0 Å². The minimum absolute atomic E-state index is 0.0536. The average Bonchev–Trinajstić information content (AvgIpc) is 2.36. The van der Waals surface area contributed by atoms with E-state index in [1.54, 1.807) is 0 Å². The molecule has 2 rings (SSSR count). The fourth-order valence-electron chi connectivity index (χ4n) is 2.28. The first-order chi connectivity index (χ1) is 9.19. The highest BCUT2D eigenvalue weighted by molar-refractivity contribution is 14.2. The molecule has 20 heavy (non-hydrogen) atoms. The fraction of sp³-hybridized carbons (Fsp3) is 0.533. The number of carbonyl (C=O) groups excluding carboxylic acids is 1. The van der Waals surface area contributed by atoms with Crippen LogP contribution < -0.4 is 0 Å². The van der Waals surface area contributed by atoms with E-state index >= 15 is 0 Å². The lowest BCUT2D eigenvalue weighted by atomic mass is 10.1. The zero-order chi connectivity index (χ0) is 15.0. The second-order valence-corrected chi connectivity index (χ2v) is 12.2. The van der Waals surface area contributed by atoms with Gasteiger partial charge in [-0.15, -0.1) is 0 Å². The molecule has 1 saturated heterocycles. The van der Waals surface area contributed by atoms with Crippen molar-refractivity contribution in [1.82, 2.24) is 4.90 Å². The van der Waals surface area contributed by atoms with E-state index in [2.05, 4.69) is 52.1 Å². The Morgan fingerprint density at radius 1 is 1.30 bits per heavy atom. The molecular formula is C15H19I2NO2. The first-order valence-electron chi connectivity index (χ1n) is 6.61. The number of hydrogen-bond donors (Lipinski definition) is 0. The van der Waals surface area contributed by atoms with Crippen LogP contribution in [0, 0.1) is 0 Å². The van der Waals surface area contributed by atoms with Gasteiger partial charge in [0.2, 0.25) is 0 Å². The number of carbonyl (C=O) groups is 1. The zero-order valence-corrected chi connectivity index (χ0v) is 16.3. The van der Waals surface area contributed by atoms with Crippen LogP contribution in [0.25, 0.3) is 0 Å². The minimum atomic E-state index is -0.253. The Labute approximate surface area is 147 Å². The number of benzene rings is 1. The molecule has 1 aromatic rings. The van der Waals surface area contributed by atoms with E-state index in [0.717, 1.165) is 5.56 Å². The van der Waals surface area contributed by atoms with Crippen LogP contribution in [0.15, 0.2) is 24.3 Å². The third-order valence-corrected chi connectivity index (χ3v) is 4.60. The second kappa shape index (κ2) is 6.08. The van der Waals surface area contributed by atoms with Crippen molar-refractivity contribution in [2.75, 3.05) is 19.7 Å². The molecule has 5 heteroatoms. The van der Waals surface area contributed by atoms with E-state index in [-0.39, 0.29) is 12.9 Å². The molecular weight excluding hydrogens is 480 g/mol. The SMILES string of the molecule is CC1(C)CN(C(=O)c2ccc(C(C)(I)I)cc2)CCO1. The van der Waals surface area contributed by atoms with Gasteiger partial charge in [0.15, 0.2) is 0 Å². The normalized spacial score (nSPS) is 18.9. The van der Waals surface area contributed by atoms with E-state index in [1.165, 1.54) is 5.56 Å². The van der Waals surface area contributed by atoms with Gasteiger partial charge in [-0.1, -0.05) is 57.3 Å². The number of hydrogen-bond acceptors (Lipinski definition) is 2. The van der Waals surface area contributed by atoms with Crippen molar-refractivity contribution in [3.8, 4) is 0 Å². The van der Waals surface area contributed by atoms with Gasteiger partial charge in [0.05, 0.1) is 13.6 Å². The summed E-state index contributed by atoms with van der Waals surface area (Å²) in [5.41, 5.74) is 1.72. The number of alkyl halides is 2. The molecule has 0 saturated carbocycles. The van der Waals surface area contributed by atoms with Gasteiger partial charge in [0.25, 0.3) is 5.91 Å². The smallest absolute Gasteiger partial charge is 0.254 e. The van der Waals surface area contributed by atoms with Crippen molar-refractivity contribution in [3.63, 3.8) is 0 Å². The summed E-state index contributed by atoms with van der Waals surface area (Å²) in [6, 6.07) is 7.93. The van der Waals surface area contributed by atoms with E-state index < -0.39 is 0 Å². The van der Waals surface area contributed by atoms with Gasteiger partial charge in [-0.3, -0.25) is 4.79 Å². The standard InChI is InChI=1S/C15H19I2NO2/c1-14(2)10-18(8-9-20-14)13(19)11-4-6-12(7-5-11)15(3,16)17/h4-7H,8-10H2,1-3H3. The van der Waals surface area contributed by atoms with Crippen LogP contribution >= 0.6 is 45.2 Å². The third-order valence-electron chi connectivity index (χ3n) is 3.35. The van der Waals surface area contributed by atoms with E-state index in [1.807, 2.05) is 43.0 Å². The summed E-state index contributed by atoms with van der Waals surface area (Å²) < 4.78 is 5.70. The number of morpholine rings is 1. The summed E-state index contributed by atoms with van der Waals surface area (Å²) in [4.78, 5) is 14.4. The third kappa shape index (κ3) is 4.07. The van der Waals surface area contributed by atoms with Crippen molar-refractivity contribution >= 4 is 51.1 Å². The molecule has 1 aliphatic heterocycles. The van der Waals surface area contributed by atoms with Gasteiger partial charge in [-0.05, 0) is 38.5 Å². The Hall–Kier alpha value is 0.110. The molecule has 110 valence electrons. The van der Waals surface area contributed by atoms with E-state index in [4.69, 9.17) is 4.74 Å². The molecule has 0 spiro atoms. The molecule has 0 aromatic heterocycles. The Bertz CT molecular complexity index is 492. The molecule has 1 amide bonds. The molecule has 1 aromatic carbocycles. The number of ether oxygens (including phenoxy) is 1. The van der Waals surface area contributed by atoms with Gasteiger partial charge < -0.3 is 9.64 Å². The highest BCUT2D eigenvalue weighted by Gasteiger charge is 2.30. The van der Waals surface area contributed by atoms with Crippen molar-refractivity contribution in [1.29, 1.82) is 0 Å². The molecule has 1 fully saturated rings. The van der Waals surface area contributed by atoms with Crippen LogP contribution in [0.5, 0.6) is 0 Å². The lowest BCUT2D eigenvalue weighted by Gasteiger charge is -2.38. The van der Waals surface area contributed by atoms with Gasteiger partial charge in [0, 0.05) is 18.7 Å². The number of halogens is 2. The summed E-state index contributed by atoms with van der Waals surface area (Å²) in [5.74, 6) is 0.0940. The fourth-order valence-corrected chi connectivity index (χ4v) is 3.00. The molecule has 0 N–H and O–H groups in total. The largest absolute Gasteiger partial charge is 0.372 e. The Morgan fingerprint density at radius 2 is 1.90 bits per heavy atom. The van der Waals surface area contributed by atoms with Gasteiger partial charge >= 0.3 is 0 Å². The lowest BCUT2D eigenvalue weighted by Crippen LogP contribution is -2.50. The van der Waals surface area contributed by atoms with Crippen LogP contribution in [0.2, 0.25) is 0 Å². The van der Waals surface area contributed by atoms with Crippen LogP contribution in [0.3, 0.4) is 0 Å². The summed E-state index contributed by atoms with van der Waals surface area (Å²) in [6.07, 6.45) is 0. The molecule has 0 radical (unpaired) electrons. The summed E-state index contributed by atoms with van der Waals surface area (Å²) in [7, 11) is 0. The number of rotatable bonds is 2. The Balaban J connectivity index is 2.13. The van der Waals surface area contributed by atoms with Crippen molar-refractivity contribution < 1.29 is 9.53 Å². The monoisotopic (exact) mass is 499 g/mol. The molecule has 0 aliphatic carbocycles. The van der Waals surface area contributed by atoms with Crippen LogP contribution in [-0.4, -0.2) is 36.1 Å². The Morgan fingerprint density at radius 3 is 2.40 bits per heavy atom. The average molecular weight is 499 g/mol. The molecule has 1 aliphatic rings. The van der Waals surface area contributed by atoms with E-state index in [0.29, 0.717) is 19.7 Å². The molecule has 3 nitrogen and oxygen atoms in total. The van der Waals surface area contributed by atoms with E-state index in [9.17, 15) is 4.79 Å². The van der Waals surface area contributed by atoms with Gasteiger partial charge in [-0.25, -0.2) is 0 Å². The maximum absolute atomic E-state index is 12.5. The van der Waals surface area contributed by atoms with Crippen LogP contribution in [-0.2, 0) is 6.17 Å². The molecule has 0 bridgehead atoms. The number of nitrogens with zero attached hydrogens (tertiary/aromatic N) is 1. The van der Waals surface area contributed by atoms with Crippen LogP contribution in [0.4, 0.5) is 0 Å². The minimum Gasteiger partial charge on any atom is -0.372 e. The maximum Gasteiger partial charge on any atom is 0.254 e. The summed E-state index contributed by atoms with van der Waals surface area (Å²) in [6.45, 7) is 8.11. The van der Waals surface area contributed by atoms with Crippen molar-refractivity contribution in [3.05, 3.63) is 35.4 Å². The number of amides is 1. The first kappa shape index (κ1) is 16.5. The summed E-state index contributed by atoms with van der Waals surface area (Å²) in [5, 5.41) is 0. The zero-order valence-electron chi connectivity index (χ0n) is 12.0. The van der Waals surface area contributed by atoms with Crippen molar-refractivity contribution in [2.24, 2.45) is 0 Å². The quantitative estimate of drug-likeness (QED) is 0.456. The summed E-state index contributed by atoms with van der Waals surface area (Å²) >= 11 is 4.79. The maximum atomic E-state index is 12.5. The molecule has 1 heterocycles. The predicted octanol–water partition coefficient (Wildman–Crippen LogP) is 3.98. The highest BCUT2D eigenvalue weighted by atomic mass is 127. The molecule has 0 unspecified atom stereocenters. The van der Waals surface area contributed by atoms with Crippen LogP contribution in [0.1, 0.15) is 36.7 Å². The molecule has 0 atom stereocenters. The topological polar surface area (TPSA) is 29.5 Å². The second-order valence-electron chi connectivity index (χ2n) is 5.80. The predicted molar refractivity (Wildman–Crippen MR) is 97.8 cm³/mol.